The molecule has 1 fully saturated rings. The third-order valence-corrected chi connectivity index (χ3v) is 4.05. The Balaban J connectivity index is 1.80. The molecule has 1 aromatic carbocycles. The van der Waals surface area contributed by atoms with E-state index in [-0.39, 0.29) is 24.3 Å². The summed E-state index contributed by atoms with van der Waals surface area (Å²) in [6, 6.07) is 3.19. The fraction of sp³-hybridized carbons (Fsp3) is 0.588. The highest BCUT2D eigenvalue weighted by molar-refractivity contribution is 5.77. The summed E-state index contributed by atoms with van der Waals surface area (Å²) in [6.45, 7) is 7.48. The van der Waals surface area contributed by atoms with Gasteiger partial charge in [-0.25, -0.2) is 8.78 Å². The summed E-state index contributed by atoms with van der Waals surface area (Å²) in [4.78, 5) is 14.2. The molecular formula is C17H24F2N2O3. The van der Waals surface area contributed by atoms with Gasteiger partial charge in [0.25, 0.3) is 5.91 Å². The minimum absolute atomic E-state index is 0.139. The molecule has 1 atom stereocenters. The maximum atomic E-state index is 13.4. The minimum Gasteiger partial charge on any atom is -0.481 e. The second-order valence-electron chi connectivity index (χ2n) is 6.13. The molecule has 24 heavy (non-hydrogen) atoms. The normalized spacial score (nSPS) is 16.9. The Hall–Kier alpha value is -1.73. The van der Waals surface area contributed by atoms with Crippen molar-refractivity contribution >= 4 is 5.91 Å². The van der Waals surface area contributed by atoms with Gasteiger partial charge in [-0.2, -0.15) is 0 Å². The van der Waals surface area contributed by atoms with E-state index in [9.17, 15) is 13.6 Å². The molecule has 1 unspecified atom stereocenters. The van der Waals surface area contributed by atoms with Crippen LogP contribution in [0.1, 0.15) is 13.8 Å². The third kappa shape index (κ3) is 5.42. The van der Waals surface area contributed by atoms with Crippen molar-refractivity contribution in [1.29, 1.82) is 0 Å². The molecule has 2 rings (SSSR count). The van der Waals surface area contributed by atoms with E-state index in [1.165, 1.54) is 6.07 Å². The van der Waals surface area contributed by atoms with Crippen molar-refractivity contribution in [3.63, 3.8) is 0 Å². The number of amides is 1. The van der Waals surface area contributed by atoms with Crippen LogP contribution in [0.3, 0.4) is 0 Å². The molecule has 0 saturated carbocycles. The van der Waals surface area contributed by atoms with Crippen LogP contribution in [0, 0.1) is 17.6 Å². The van der Waals surface area contributed by atoms with Crippen LogP contribution in [0.25, 0.3) is 0 Å². The van der Waals surface area contributed by atoms with E-state index in [1.54, 1.807) is 0 Å². The highest BCUT2D eigenvalue weighted by atomic mass is 19.1. The van der Waals surface area contributed by atoms with Gasteiger partial charge in [0.1, 0.15) is 5.82 Å². The lowest BCUT2D eigenvalue weighted by atomic mass is 10.0. The summed E-state index contributed by atoms with van der Waals surface area (Å²) in [5.41, 5.74) is 0. The van der Waals surface area contributed by atoms with Crippen LogP contribution in [0.5, 0.6) is 5.75 Å². The van der Waals surface area contributed by atoms with Crippen LogP contribution in [0.2, 0.25) is 0 Å². The van der Waals surface area contributed by atoms with Crippen molar-refractivity contribution in [2.24, 2.45) is 5.92 Å². The lowest BCUT2D eigenvalue weighted by Crippen LogP contribution is -2.51. The van der Waals surface area contributed by atoms with E-state index < -0.39 is 11.6 Å². The summed E-state index contributed by atoms with van der Waals surface area (Å²) < 4.78 is 36.7. The van der Waals surface area contributed by atoms with Gasteiger partial charge in [0.05, 0.1) is 13.2 Å². The Morgan fingerprint density at radius 2 is 2.04 bits per heavy atom. The zero-order chi connectivity index (χ0) is 17.5. The van der Waals surface area contributed by atoms with Crippen LogP contribution >= 0.6 is 0 Å². The number of benzene rings is 1. The van der Waals surface area contributed by atoms with E-state index in [0.29, 0.717) is 25.7 Å². The molecule has 0 spiro atoms. The van der Waals surface area contributed by atoms with E-state index in [4.69, 9.17) is 9.47 Å². The van der Waals surface area contributed by atoms with Crippen LogP contribution in [-0.4, -0.2) is 56.3 Å². The number of carbonyl (C=O) groups excluding carboxylic acids is 1. The number of ether oxygens (including phenoxy) is 2. The molecule has 1 amide bonds. The topological polar surface area (TPSA) is 50.8 Å². The molecule has 5 nitrogen and oxygen atoms in total. The number of hydrogen-bond donors (Lipinski definition) is 1. The monoisotopic (exact) mass is 342 g/mol. The molecule has 0 aromatic heterocycles. The van der Waals surface area contributed by atoms with Gasteiger partial charge < -0.3 is 14.8 Å². The SMILES string of the molecule is CC(C)C(CNC(=O)COc1ccc(F)cc1F)N1CCOCC1. The predicted molar refractivity (Wildman–Crippen MR) is 85.9 cm³/mol. The maximum Gasteiger partial charge on any atom is 0.257 e. The predicted octanol–water partition coefficient (Wildman–Crippen LogP) is 1.82. The average Bonchev–Trinajstić information content (AvgIpc) is 2.55. The molecule has 1 saturated heterocycles. The van der Waals surface area contributed by atoms with Crippen LogP contribution in [-0.2, 0) is 9.53 Å². The van der Waals surface area contributed by atoms with Crippen molar-refractivity contribution in [2.45, 2.75) is 19.9 Å². The Morgan fingerprint density at radius 3 is 2.67 bits per heavy atom. The number of rotatable bonds is 7. The zero-order valence-electron chi connectivity index (χ0n) is 14.1. The summed E-state index contributed by atoms with van der Waals surface area (Å²) in [5, 5.41) is 2.82. The third-order valence-electron chi connectivity index (χ3n) is 4.05. The van der Waals surface area contributed by atoms with E-state index >= 15 is 0 Å². The molecule has 134 valence electrons. The first-order valence-electron chi connectivity index (χ1n) is 8.13. The van der Waals surface area contributed by atoms with Gasteiger partial charge in [-0.05, 0) is 18.1 Å². The highest BCUT2D eigenvalue weighted by Gasteiger charge is 2.24. The van der Waals surface area contributed by atoms with Gasteiger partial charge >= 0.3 is 0 Å². The lowest BCUT2D eigenvalue weighted by molar-refractivity contribution is -0.123. The molecule has 0 aliphatic carbocycles. The standard InChI is InChI=1S/C17H24F2N2O3/c1-12(2)15(21-5-7-23-8-6-21)10-20-17(22)11-24-16-4-3-13(18)9-14(16)19/h3-4,9,12,15H,5-8,10-11H2,1-2H3,(H,20,22). The number of hydrogen-bond acceptors (Lipinski definition) is 4. The molecule has 1 aliphatic rings. The van der Waals surface area contributed by atoms with Crippen LogP contribution in [0.15, 0.2) is 18.2 Å². The van der Waals surface area contributed by atoms with Crippen LogP contribution in [0.4, 0.5) is 8.78 Å². The van der Waals surface area contributed by atoms with Crippen molar-refractivity contribution in [2.75, 3.05) is 39.5 Å². The van der Waals surface area contributed by atoms with Gasteiger partial charge in [-0.1, -0.05) is 13.8 Å². The summed E-state index contributed by atoms with van der Waals surface area (Å²) >= 11 is 0. The van der Waals surface area contributed by atoms with Crippen molar-refractivity contribution < 1.29 is 23.0 Å². The fourth-order valence-corrected chi connectivity index (χ4v) is 2.70. The van der Waals surface area contributed by atoms with Gasteiger partial charge in [0, 0.05) is 31.7 Å². The van der Waals surface area contributed by atoms with E-state index in [2.05, 4.69) is 24.1 Å². The smallest absolute Gasteiger partial charge is 0.257 e. The quantitative estimate of drug-likeness (QED) is 0.821. The molecule has 1 aromatic rings. The van der Waals surface area contributed by atoms with E-state index in [1.807, 2.05) is 0 Å². The van der Waals surface area contributed by atoms with Gasteiger partial charge in [-0.3, -0.25) is 9.69 Å². The number of nitrogens with one attached hydrogen (secondary N) is 1. The molecular weight excluding hydrogens is 318 g/mol. The van der Waals surface area contributed by atoms with Crippen molar-refractivity contribution in [3.05, 3.63) is 29.8 Å². The molecule has 1 aliphatic heterocycles. The number of carbonyl (C=O) groups is 1. The zero-order valence-corrected chi connectivity index (χ0v) is 14.1. The largest absolute Gasteiger partial charge is 0.481 e. The first-order valence-corrected chi connectivity index (χ1v) is 8.13. The summed E-state index contributed by atoms with van der Waals surface area (Å²) in [7, 11) is 0. The molecule has 0 bridgehead atoms. The fourth-order valence-electron chi connectivity index (χ4n) is 2.70. The Bertz CT molecular complexity index is 549. The molecule has 0 radical (unpaired) electrons. The Kier molecular flexibility index (Phi) is 6.93. The lowest BCUT2D eigenvalue weighted by Gasteiger charge is -2.36. The second kappa shape index (κ2) is 8.94. The number of halogens is 2. The van der Waals surface area contributed by atoms with Crippen molar-refractivity contribution in [3.8, 4) is 5.75 Å². The summed E-state index contributed by atoms with van der Waals surface area (Å²) in [6.07, 6.45) is 0. The molecule has 1 N–H and O–H groups in total. The summed E-state index contributed by atoms with van der Waals surface area (Å²) in [5.74, 6) is -1.61. The Labute approximate surface area is 140 Å². The maximum absolute atomic E-state index is 13.4. The van der Waals surface area contributed by atoms with Crippen LogP contribution < -0.4 is 10.1 Å². The Morgan fingerprint density at radius 1 is 1.33 bits per heavy atom. The second-order valence-corrected chi connectivity index (χ2v) is 6.13. The van der Waals surface area contributed by atoms with Gasteiger partial charge in [0.15, 0.2) is 18.2 Å². The highest BCUT2D eigenvalue weighted by Crippen LogP contribution is 2.17. The average molecular weight is 342 g/mol. The minimum atomic E-state index is -0.823. The molecule has 7 heteroatoms. The first kappa shape index (κ1) is 18.6. The van der Waals surface area contributed by atoms with E-state index in [0.717, 1.165) is 25.2 Å². The van der Waals surface area contributed by atoms with Gasteiger partial charge in [0.2, 0.25) is 0 Å². The van der Waals surface area contributed by atoms with Crippen molar-refractivity contribution in [1.82, 2.24) is 10.2 Å². The molecule has 1 heterocycles. The van der Waals surface area contributed by atoms with Gasteiger partial charge in [-0.15, -0.1) is 0 Å². The first-order chi connectivity index (χ1) is 11.5. The number of morpholine rings is 1. The number of nitrogens with zero attached hydrogens (tertiary/aromatic N) is 1.